The summed E-state index contributed by atoms with van der Waals surface area (Å²) in [5, 5.41) is 4.94. The van der Waals surface area contributed by atoms with Gasteiger partial charge >= 0.3 is 0 Å². The Kier molecular flexibility index (Phi) is 12.9. The molecule has 0 radical (unpaired) electrons. The molecule has 2 heterocycles. The van der Waals surface area contributed by atoms with Gasteiger partial charge in [0.2, 0.25) is 0 Å². The molecule has 0 aromatic heterocycles. The molecule has 0 aliphatic carbocycles. The minimum atomic E-state index is -0.279. The van der Waals surface area contributed by atoms with Crippen molar-refractivity contribution in [2.75, 3.05) is 9.80 Å². The second kappa shape index (κ2) is 20.9. The number of anilines is 6. The third kappa shape index (κ3) is 9.10. The predicted molar refractivity (Wildman–Crippen MR) is 373 cm³/mol. The van der Waals surface area contributed by atoms with Crippen LogP contribution in [0.1, 0.15) is 76.3 Å². The van der Waals surface area contributed by atoms with Gasteiger partial charge in [0.05, 0.1) is 0 Å². The van der Waals surface area contributed by atoms with Gasteiger partial charge in [-0.2, -0.15) is 0 Å². The molecule has 0 fully saturated rings. The van der Waals surface area contributed by atoms with E-state index in [9.17, 15) is 0 Å². The maximum atomic E-state index is 2.57. The summed E-state index contributed by atoms with van der Waals surface area (Å²) >= 11 is 0. The molecular weight excluding hydrogens is 1050 g/mol. The van der Waals surface area contributed by atoms with Gasteiger partial charge in [-0.15, -0.1) is 0 Å². The zero-order chi connectivity index (χ0) is 59.2. The molecule has 0 atom stereocenters. The van der Waals surface area contributed by atoms with Crippen LogP contribution in [0.25, 0.3) is 66.1 Å². The monoisotopic (exact) mass is 1120 g/mol. The highest BCUT2D eigenvalue weighted by atomic mass is 15.2. The lowest BCUT2D eigenvalue weighted by molar-refractivity contribution is 0.590. The van der Waals surface area contributed by atoms with E-state index in [1.165, 1.54) is 122 Å². The number of hydrogen-bond acceptors (Lipinski definition) is 2. The third-order valence-corrected chi connectivity index (χ3v) is 19.1. The minimum absolute atomic E-state index is 0.0433. The first kappa shape index (κ1) is 53.7. The summed E-state index contributed by atoms with van der Waals surface area (Å²) in [5.74, 6) is 0. The smallest absolute Gasteiger partial charge is 0.252 e. The van der Waals surface area contributed by atoms with Crippen LogP contribution in [-0.4, -0.2) is 6.71 Å². The van der Waals surface area contributed by atoms with Crippen LogP contribution in [0.4, 0.5) is 34.1 Å². The number of benzene rings is 13. The SMILES string of the molecule is CC(C)(C)c1cccc(-c2cc(-c3cc4c5c(c3)N(c3ccccc3)c3ccc(C(C)(C)c6ccccc6)cc3B5c3cc(C(C)(C)c5ccccc5)ccc3N4c3ccccc3)cc(-c3c4ccccc4c(-c4ccccc4)c4ccccc34)c2)c1. The summed E-state index contributed by atoms with van der Waals surface area (Å²) in [6.07, 6.45) is 0. The number of nitrogens with zero attached hydrogens (tertiary/aromatic N) is 2. The molecule has 13 aromatic rings. The normalized spacial score (nSPS) is 12.9. The van der Waals surface area contributed by atoms with Crippen molar-refractivity contribution in [3.05, 3.63) is 319 Å². The summed E-state index contributed by atoms with van der Waals surface area (Å²) in [6, 6.07) is 110. The largest absolute Gasteiger partial charge is 0.311 e. The lowest BCUT2D eigenvalue weighted by Gasteiger charge is -2.45. The molecule has 0 saturated carbocycles. The Bertz CT molecular complexity index is 4550. The van der Waals surface area contributed by atoms with Crippen LogP contribution in [0.3, 0.4) is 0 Å². The van der Waals surface area contributed by atoms with Gasteiger partial charge in [0.15, 0.2) is 0 Å². The molecule has 2 aliphatic rings. The predicted octanol–water partition coefficient (Wildman–Crippen LogP) is 20.7. The quantitative estimate of drug-likeness (QED) is 0.0995. The minimum Gasteiger partial charge on any atom is -0.311 e. The van der Waals surface area contributed by atoms with E-state index < -0.39 is 0 Å². The Balaban J connectivity index is 1.05. The highest BCUT2D eigenvalue weighted by Crippen LogP contribution is 2.50. The molecule has 87 heavy (non-hydrogen) atoms. The molecule has 13 aromatic carbocycles. The third-order valence-electron chi connectivity index (χ3n) is 19.1. The van der Waals surface area contributed by atoms with Crippen molar-refractivity contribution in [3.8, 4) is 44.5 Å². The van der Waals surface area contributed by atoms with E-state index in [2.05, 4.69) is 349 Å². The van der Waals surface area contributed by atoms with Crippen LogP contribution >= 0.6 is 0 Å². The van der Waals surface area contributed by atoms with Crippen molar-refractivity contribution in [1.29, 1.82) is 0 Å². The molecule has 0 amide bonds. The van der Waals surface area contributed by atoms with Gasteiger partial charge in [-0.05, 0) is 182 Å². The van der Waals surface area contributed by atoms with Gasteiger partial charge in [-0.25, -0.2) is 0 Å². The first-order valence-electron chi connectivity index (χ1n) is 30.8. The van der Waals surface area contributed by atoms with Crippen LogP contribution in [0.15, 0.2) is 291 Å². The number of para-hydroxylation sites is 2. The number of fused-ring (bicyclic) bond motifs is 6. The van der Waals surface area contributed by atoms with E-state index in [0.717, 1.165) is 22.5 Å². The fourth-order valence-electron chi connectivity index (χ4n) is 14.3. The lowest BCUT2D eigenvalue weighted by atomic mass is 9.33. The van der Waals surface area contributed by atoms with E-state index in [4.69, 9.17) is 0 Å². The molecule has 15 rings (SSSR count). The second-order valence-corrected chi connectivity index (χ2v) is 26.1. The van der Waals surface area contributed by atoms with E-state index in [-0.39, 0.29) is 23.0 Å². The first-order valence-corrected chi connectivity index (χ1v) is 30.8. The number of hydrogen-bond donors (Lipinski definition) is 0. The Hall–Kier alpha value is -9.96. The van der Waals surface area contributed by atoms with Gasteiger partial charge in [0, 0.05) is 45.0 Å². The molecule has 2 aliphatic heterocycles. The molecule has 3 heteroatoms. The van der Waals surface area contributed by atoms with E-state index >= 15 is 0 Å². The van der Waals surface area contributed by atoms with Gasteiger partial charge < -0.3 is 9.80 Å². The maximum Gasteiger partial charge on any atom is 0.252 e. The molecule has 0 unspecified atom stereocenters. The zero-order valence-corrected chi connectivity index (χ0v) is 50.7. The van der Waals surface area contributed by atoms with E-state index in [1.54, 1.807) is 0 Å². The summed E-state index contributed by atoms with van der Waals surface area (Å²) in [6.45, 7) is 16.3. The standard InChI is InChI=1S/C84H69BN2/c1-82(2,3)64-35-27-30-57(51-64)58-48-59(50-61(49-58)80-71-42-25-23-40-69(71)79(56-28-13-8-14-29-56)70-41-24-26-43-72(70)80)60-52-77-81-78(53-60)87(68-38-21-12-22-39-68)76-47-45-66(84(6,7)63-33-17-10-18-34-63)55-74(76)85(81)73-54-65(83(4,5)62-31-15-9-16-32-62)44-46-75(73)86(77)67-36-19-11-20-37-67/h8-55H,1-7H3. The first-order chi connectivity index (χ1) is 42.3. The van der Waals surface area contributed by atoms with Crippen LogP contribution in [0.5, 0.6) is 0 Å². The Morgan fingerprint density at radius 3 is 1.06 bits per heavy atom. The van der Waals surface area contributed by atoms with Crippen molar-refractivity contribution >= 4 is 78.8 Å². The summed E-state index contributed by atoms with van der Waals surface area (Å²) in [4.78, 5) is 5.14. The molecule has 0 N–H and O–H groups in total. The summed E-state index contributed by atoms with van der Waals surface area (Å²) < 4.78 is 0. The highest BCUT2D eigenvalue weighted by molar-refractivity contribution is 7.00. The average molecular weight is 1120 g/mol. The fourth-order valence-corrected chi connectivity index (χ4v) is 14.3. The zero-order valence-electron chi connectivity index (χ0n) is 50.7. The van der Waals surface area contributed by atoms with Crippen molar-refractivity contribution in [2.45, 2.75) is 64.7 Å². The molecule has 0 saturated heterocycles. The highest BCUT2D eigenvalue weighted by Gasteiger charge is 2.45. The summed E-state index contributed by atoms with van der Waals surface area (Å²) in [7, 11) is 0. The van der Waals surface area contributed by atoms with E-state index in [0.29, 0.717) is 0 Å². The average Bonchev–Trinajstić information content (AvgIpc) is 0.753. The van der Waals surface area contributed by atoms with E-state index in [1.807, 2.05) is 0 Å². The lowest BCUT2D eigenvalue weighted by Crippen LogP contribution is -2.61. The van der Waals surface area contributed by atoms with Crippen molar-refractivity contribution in [2.24, 2.45) is 0 Å². The van der Waals surface area contributed by atoms with Crippen LogP contribution in [0, 0.1) is 0 Å². The number of rotatable bonds is 10. The van der Waals surface area contributed by atoms with Gasteiger partial charge in [0.1, 0.15) is 0 Å². The van der Waals surface area contributed by atoms with Crippen LogP contribution < -0.4 is 26.2 Å². The topological polar surface area (TPSA) is 6.48 Å². The molecule has 2 nitrogen and oxygen atoms in total. The van der Waals surface area contributed by atoms with Gasteiger partial charge in [-0.1, -0.05) is 273 Å². The Morgan fingerprint density at radius 1 is 0.253 bits per heavy atom. The second-order valence-electron chi connectivity index (χ2n) is 26.1. The molecule has 0 bridgehead atoms. The summed E-state index contributed by atoms with van der Waals surface area (Å²) in [5.41, 5.74) is 26.2. The van der Waals surface area contributed by atoms with Gasteiger partial charge in [-0.3, -0.25) is 0 Å². The molecule has 0 spiro atoms. The van der Waals surface area contributed by atoms with Crippen molar-refractivity contribution in [3.63, 3.8) is 0 Å². The Labute approximate surface area is 513 Å². The fraction of sp³-hybridized carbons (Fsp3) is 0.119. The van der Waals surface area contributed by atoms with Crippen molar-refractivity contribution in [1.82, 2.24) is 0 Å². The maximum absolute atomic E-state index is 2.57. The van der Waals surface area contributed by atoms with Gasteiger partial charge in [0.25, 0.3) is 6.71 Å². The Morgan fingerprint density at radius 2 is 0.609 bits per heavy atom. The van der Waals surface area contributed by atoms with Crippen LogP contribution in [-0.2, 0) is 16.2 Å². The molecular formula is C84H69BN2. The van der Waals surface area contributed by atoms with Crippen LogP contribution in [0.2, 0.25) is 0 Å². The van der Waals surface area contributed by atoms with Crippen molar-refractivity contribution < 1.29 is 0 Å². The molecule has 418 valence electrons.